The number of halogens is 3. The van der Waals surface area contributed by atoms with Gasteiger partial charge in [-0.25, -0.2) is 17.9 Å². The molecular weight excluding hydrogens is 327 g/mol. The lowest BCUT2D eigenvalue weighted by molar-refractivity contribution is 0.574. The van der Waals surface area contributed by atoms with E-state index in [0.29, 0.717) is 11.5 Å². The van der Waals surface area contributed by atoms with Gasteiger partial charge in [0.05, 0.1) is 5.69 Å². The van der Waals surface area contributed by atoms with Crippen LogP contribution in [0.15, 0.2) is 42.5 Å². The third-order valence-corrected chi connectivity index (χ3v) is 4.39. The molecule has 0 saturated carbocycles. The molecule has 3 aromatic rings. The summed E-state index contributed by atoms with van der Waals surface area (Å²) in [4.78, 5) is 0. The molecule has 0 spiro atoms. The molecule has 4 rings (SSSR count). The zero-order valence-electron chi connectivity index (χ0n) is 13.4. The smallest absolute Gasteiger partial charge is 0.151 e. The highest BCUT2D eigenvalue weighted by molar-refractivity contribution is 5.71. The lowest BCUT2D eigenvalue weighted by Crippen LogP contribution is -2.08. The zero-order valence-corrected chi connectivity index (χ0v) is 13.4. The predicted molar refractivity (Wildman–Crippen MR) is 90.3 cm³/mol. The molecule has 6 heteroatoms. The summed E-state index contributed by atoms with van der Waals surface area (Å²) in [6, 6.07) is 9.51. The van der Waals surface area contributed by atoms with Crippen LogP contribution in [0.25, 0.3) is 16.9 Å². The second kappa shape index (κ2) is 6.27. The van der Waals surface area contributed by atoms with Crippen LogP contribution in [0.5, 0.6) is 0 Å². The average molecular weight is 343 g/mol. The second-order valence-corrected chi connectivity index (χ2v) is 6.07. The number of rotatable bonds is 2. The van der Waals surface area contributed by atoms with Crippen molar-refractivity contribution in [1.29, 1.82) is 0 Å². The van der Waals surface area contributed by atoms with Crippen molar-refractivity contribution in [3.8, 4) is 16.9 Å². The van der Waals surface area contributed by atoms with Crippen molar-refractivity contribution < 1.29 is 13.2 Å². The highest BCUT2D eigenvalue weighted by Gasteiger charge is 2.23. The largest absolute Gasteiger partial charge is 0.370 e. The maximum atomic E-state index is 14.3. The fourth-order valence-corrected chi connectivity index (χ4v) is 3.17. The first-order chi connectivity index (χ1) is 12.1. The predicted octanol–water partition coefficient (Wildman–Crippen LogP) is 4.70. The van der Waals surface area contributed by atoms with E-state index in [1.807, 2.05) is 0 Å². The maximum Gasteiger partial charge on any atom is 0.151 e. The summed E-state index contributed by atoms with van der Waals surface area (Å²) < 4.78 is 42.3. The van der Waals surface area contributed by atoms with Crippen molar-refractivity contribution >= 4 is 5.82 Å². The molecule has 128 valence electrons. The number of hydrogen-bond acceptors (Lipinski definition) is 2. The van der Waals surface area contributed by atoms with Crippen LogP contribution in [-0.4, -0.2) is 16.3 Å². The van der Waals surface area contributed by atoms with E-state index in [4.69, 9.17) is 0 Å². The van der Waals surface area contributed by atoms with Crippen molar-refractivity contribution in [2.75, 3.05) is 11.9 Å². The summed E-state index contributed by atoms with van der Waals surface area (Å²) >= 11 is 0. The van der Waals surface area contributed by atoms with E-state index in [-0.39, 0.29) is 11.5 Å². The normalized spacial score (nSPS) is 13.9. The molecule has 0 aliphatic carbocycles. The zero-order chi connectivity index (χ0) is 17.4. The van der Waals surface area contributed by atoms with E-state index in [2.05, 4.69) is 10.4 Å². The first-order valence-electron chi connectivity index (χ1n) is 8.20. The van der Waals surface area contributed by atoms with Crippen LogP contribution in [0, 0.1) is 17.5 Å². The van der Waals surface area contributed by atoms with E-state index in [9.17, 15) is 13.2 Å². The number of aromatic nitrogens is 2. The van der Waals surface area contributed by atoms with Crippen LogP contribution in [0.2, 0.25) is 0 Å². The van der Waals surface area contributed by atoms with Crippen molar-refractivity contribution in [3.05, 3.63) is 65.5 Å². The second-order valence-electron chi connectivity index (χ2n) is 6.07. The van der Waals surface area contributed by atoms with Gasteiger partial charge in [-0.3, -0.25) is 0 Å². The SMILES string of the molecule is Fc1ccc(-c2nn(-c3ccc(F)cc3F)c3c2CCCCN3)cc1. The summed E-state index contributed by atoms with van der Waals surface area (Å²) in [5, 5.41) is 7.86. The number of benzene rings is 2. The molecule has 0 radical (unpaired) electrons. The molecule has 0 saturated heterocycles. The van der Waals surface area contributed by atoms with Crippen LogP contribution in [0.3, 0.4) is 0 Å². The quantitative estimate of drug-likeness (QED) is 0.731. The van der Waals surface area contributed by atoms with Gasteiger partial charge in [-0.2, -0.15) is 5.10 Å². The minimum atomic E-state index is -0.679. The highest BCUT2D eigenvalue weighted by Crippen LogP contribution is 2.34. The van der Waals surface area contributed by atoms with E-state index in [0.717, 1.165) is 43.0 Å². The van der Waals surface area contributed by atoms with Crippen LogP contribution >= 0.6 is 0 Å². The Kier molecular flexibility index (Phi) is 3.95. The molecule has 1 N–H and O–H groups in total. The third kappa shape index (κ3) is 2.88. The Labute approximate surface area is 143 Å². The topological polar surface area (TPSA) is 29.9 Å². The molecule has 0 bridgehead atoms. The Morgan fingerprint density at radius 3 is 2.44 bits per heavy atom. The van der Waals surface area contributed by atoms with Crippen LogP contribution in [0.1, 0.15) is 18.4 Å². The molecular formula is C19H16F3N3. The fraction of sp³-hybridized carbons (Fsp3) is 0.211. The summed E-state index contributed by atoms with van der Waals surface area (Å²) in [6.07, 6.45) is 2.76. The molecule has 25 heavy (non-hydrogen) atoms. The molecule has 1 aliphatic rings. The van der Waals surface area contributed by atoms with Gasteiger partial charge in [-0.05, 0) is 55.7 Å². The maximum absolute atomic E-state index is 14.3. The molecule has 0 unspecified atom stereocenters. The molecule has 0 amide bonds. The molecule has 3 nitrogen and oxygen atoms in total. The Hall–Kier alpha value is -2.76. The summed E-state index contributed by atoms with van der Waals surface area (Å²) in [5.74, 6) is -0.924. The van der Waals surface area contributed by atoms with Crippen molar-refractivity contribution in [2.24, 2.45) is 0 Å². The summed E-state index contributed by atoms with van der Waals surface area (Å²) in [6.45, 7) is 0.754. The van der Waals surface area contributed by atoms with Crippen LogP contribution < -0.4 is 5.32 Å². The van der Waals surface area contributed by atoms with E-state index < -0.39 is 11.6 Å². The summed E-state index contributed by atoms with van der Waals surface area (Å²) in [5.41, 5.74) is 2.60. The first-order valence-corrected chi connectivity index (χ1v) is 8.20. The number of fused-ring (bicyclic) bond motifs is 1. The van der Waals surface area contributed by atoms with Crippen molar-refractivity contribution in [1.82, 2.24) is 9.78 Å². The molecule has 0 fully saturated rings. The van der Waals surface area contributed by atoms with Crippen LogP contribution in [0.4, 0.5) is 19.0 Å². The Morgan fingerprint density at radius 2 is 1.68 bits per heavy atom. The number of anilines is 1. The van der Waals surface area contributed by atoms with Crippen molar-refractivity contribution in [3.63, 3.8) is 0 Å². The molecule has 0 atom stereocenters. The van der Waals surface area contributed by atoms with Crippen LogP contribution in [-0.2, 0) is 6.42 Å². The van der Waals surface area contributed by atoms with E-state index in [1.54, 1.807) is 12.1 Å². The Morgan fingerprint density at radius 1 is 0.920 bits per heavy atom. The Bertz CT molecular complexity index is 916. The van der Waals surface area contributed by atoms with Gasteiger partial charge < -0.3 is 5.32 Å². The van der Waals surface area contributed by atoms with Gasteiger partial charge in [0.25, 0.3) is 0 Å². The summed E-state index contributed by atoms with van der Waals surface area (Å²) in [7, 11) is 0. The lowest BCUT2D eigenvalue weighted by atomic mass is 10.0. The third-order valence-electron chi connectivity index (χ3n) is 4.39. The van der Waals surface area contributed by atoms with E-state index in [1.165, 1.54) is 28.9 Å². The van der Waals surface area contributed by atoms with Gasteiger partial charge in [0.15, 0.2) is 5.82 Å². The Balaban J connectivity index is 1.91. The highest BCUT2D eigenvalue weighted by atomic mass is 19.1. The molecule has 2 heterocycles. The van der Waals surface area contributed by atoms with Gasteiger partial charge >= 0.3 is 0 Å². The number of nitrogens with zero attached hydrogens (tertiary/aromatic N) is 2. The molecule has 1 aliphatic heterocycles. The molecule has 1 aromatic heterocycles. The van der Waals surface area contributed by atoms with Gasteiger partial charge in [0.2, 0.25) is 0 Å². The standard InChI is InChI=1S/C19H16F3N3/c20-13-6-4-12(5-7-13)18-15-3-1-2-10-23-19(15)25(24-18)17-9-8-14(21)11-16(17)22/h4-9,11,23H,1-3,10H2. The lowest BCUT2D eigenvalue weighted by Gasteiger charge is -2.10. The van der Waals surface area contributed by atoms with Crippen molar-refractivity contribution in [2.45, 2.75) is 19.3 Å². The van der Waals surface area contributed by atoms with Gasteiger partial charge in [0.1, 0.15) is 23.1 Å². The number of nitrogens with one attached hydrogen (secondary N) is 1. The minimum Gasteiger partial charge on any atom is -0.370 e. The van der Waals surface area contributed by atoms with Gasteiger partial charge in [-0.15, -0.1) is 0 Å². The molecule has 2 aromatic carbocycles. The van der Waals surface area contributed by atoms with Gasteiger partial charge in [-0.1, -0.05) is 0 Å². The first kappa shape index (κ1) is 15.7. The monoisotopic (exact) mass is 343 g/mol. The fourth-order valence-electron chi connectivity index (χ4n) is 3.17. The van der Waals surface area contributed by atoms with E-state index >= 15 is 0 Å². The minimum absolute atomic E-state index is 0.181. The number of hydrogen-bond donors (Lipinski definition) is 1. The van der Waals surface area contributed by atoms with Gasteiger partial charge in [0, 0.05) is 23.7 Å². The average Bonchev–Trinajstić information content (AvgIpc) is 2.78.